The highest BCUT2D eigenvalue weighted by Crippen LogP contribution is 2.27. The van der Waals surface area contributed by atoms with Gasteiger partial charge < -0.3 is 10.1 Å². The summed E-state index contributed by atoms with van der Waals surface area (Å²) in [5, 5.41) is 3.53. The van der Waals surface area contributed by atoms with Crippen molar-refractivity contribution in [2.45, 2.75) is 51.7 Å². The standard InChI is InChI=1S/C15H22FNO/c1-3-8-17-13-5-6-14(10-13)18-15-7-4-12(16)9-11(15)2/h4,7,9,13-14,17H,3,5-6,8,10H2,1-2H3. The molecule has 18 heavy (non-hydrogen) atoms. The predicted octanol–water partition coefficient (Wildman–Crippen LogP) is 3.43. The molecule has 2 atom stereocenters. The minimum Gasteiger partial charge on any atom is -0.490 e. The normalized spacial score (nSPS) is 23.3. The first kappa shape index (κ1) is 13.3. The largest absolute Gasteiger partial charge is 0.490 e. The SMILES string of the molecule is CCCNC1CCC(Oc2ccc(F)cc2C)C1. The topological polar surface area (TPSA) is 21.3 Å². The third kappa shape index (κ3) is 3.45. The molecule has 2 nitrogen and oxygen atoms in total. The number of benzene rings is 1. The van der Waals surface area contributed by atoms with Crippen molar-refractivity contribution in [3.05, 3.63) is 29.6 Å². The molecule has 2 rings (SSSR count). The van der Waals surface area contributed by atoms with Crippen LogP contribution >= 0.6 is 0 Å². The Hall–Kier alpha value is -1.09. The summed E-state index contributed by atoms with van der Waals surface area (Å²) in [6.07, 6.45) is 4.74. The van der Waals surface area contributed by atoms with Crippen molar-refractivity contribution < 1.29 is 9.13 Å². The molecule has 1 aromatic rings. The number of halogens is 1. The van der Waals surface area contributed by atoms with Crippen molar-refractivity contribution in [2.75, 3.05) is 6.54 Å². The van der Waals surface area contributed by atoms with E-state index in [1.165, 1.54) is 25.0 Å². The lowest BCUT2D eigenvalue weighted by Crippen LogP contribution is -2.28. The quantitative estimate of drug-likeness (QED) is 0.865. The second-order valence-corrected chi connectivity index (χ2v) is 5.11. The third-order valence-electron chi connectivity index (χ3n) is 3.50. The number of hydrogen-bond donors (Lipinski definition) is 1. The number of hydrogen-bond acceptors (Lipinski definition) is 2. The molecule has 0 radical (unpaired) electrons. The summed E-state index contributed by atoms with van der Waals surface area (Å²) in [5.41, 5.74) is 0.875. The monoisotopic (exact) mass is 251 g/mol. The lowest BCUT2D eigenvalue weighted by atomic mass is 10.2. The van der Waals surface area contributed by atoms with Crippen LogP contribution in [0, 0.1) is 12.7 Å². The zero-order chi connectivity index (χ0) is 13.0. The van der Waals surface area contributed by atoms with Gasteiger partial charge in [-0.3, -0.25) is 0 Å². The van der Waals surface area contributed by atoms with Gasteiger partial charge in [0.2, 0.25) is 0 Å². The van der Waals surface area contributed by atoms with Crippen molar-refractivity contribution in [1.29, 1.82) is 0 Å². The smallest absolute Gasteiger partial charge is 0.123 e. The average molecular weight is 251 g/mol. The molecule has 0 aromatic heterocycles. The van der Waals surface area contributed by atoms with Crippen LogP contribution < -0.4 is 10.1 Å². The third-order valence-corrected chi connectivity index (χ3v) is 3.50. The maximum absolute atomic E-state index is 13.0. The minimum absolute atomic E-state index is 0.200. The molecule has 0 amide bonds. The van der Waals surface area contributed by atoms with Crippen molar-refractivity contribution >= 4 is 0 Å². The van der Waals surface area contributed by atoms with Gasteiger partial charge in [0.25, 0.3) is 0 Å². The Kier molecular flexibility index (Phi) is 4.59. The lowest BCUT2D eigenvalue weighted by Gasteiger charge is -2.16. The van der Waals surface area contributed by atoms with E-state index in [-0.39, 0.29) is 11.9 Å². The highest BCUT2D eigenvalue weighted by Gasteiger charge is 2.25. The fourth-order valence-electron chi connectivity index (χ4n) is 2.51. The van der Waals surface area contributed by atoms with E-state index >= 15 is 0 Å². The number of ether oxygens (including phenoxy) is 1. The van der Waals surface area contributed by atoms with Gasteiger partial charge >= 0.3 is 0 Å². The van der Waals surface area contributed by atoms with E-state index in [0.717, 1.165) is 30.7 Å². The van der Waals surface area contributed by atoms with E-state index in [2.05, 4.69) is 12.2 Å². The van der Waals surface area contributed by atoms with E-state index in [4.69, 9.17) is 4.74 Å². The second kappa shape index (κ2) is 6.19. The van der Waals surface area contributed by atoms with Crippen molar-refractivity contribution in [2.24, 2.45) is 0 Å². The van der Waals surface area contributed by atoms with Crippen LogP contribution in [-0.2, 0) is 0 Å². The molecule has 1 aliphatic rings. The van der Waals surface area contributed by atoms with Crippen LogP contribution in [0.2, 0.25) is 0 Å². The predicted molar refractivity (Wildman–Crippen MR) is 71.5 cm³/mol. The lowest BCUT2D eigenvalue weighted by molar-refractivity contribution is 0.204. The first-order valence-corrected chi connectivity index (χ1v) is 6.85. The average Bonchev–Trinajstić information content (AvgIpc) is 2.78. The number of rotatable bonds is 5. The molecule has 1 aliphatic carbocycles. The van der Waals surface area contributed by atoms with E-state index < -0.39 is 0 Å². The van der Waals surface area contributed by atoms with Crippen LogP contribution in [0.4, 0.5) is 4.39 Å². The minimum atomic E-state index is -0.200. The van der Waals surface area contributed by atoms with Gasteiger partial charge in [-0.25, -0.2) is 4.39 Å². The Morgan fingerprint density at radius 3 is 2.94 bits per heavy atom. The summed E-state index contributed by atoms with van der Waals surface area (Å²) in [6, 6.07) is 5.30. The van der Waals surface area contributed by atoms with E-state index in [1.54, 1.807) is 6.07 Å². The second-order valence-electron chi connectivity index (χ2n) is 5.11. The Labute approximate surface area is 109 Å². The Balaban J connectivity index is 1.87. The van der Waals surface area contributed by atoms with E-state index in [1.807, 2.05) is 6.92 Å². The molecule has 100 valence electrons. The molecule has 1 saturated carbocycles. The van der Waals surface area contributed by atoms with Gasteiger partial charge in [0.15, 0.2) is 0 Å². The maximum atomic E-state index is 13.0. The zero-order valence-corrected chi connectivity index (χ0v) is 11.2. The van der Waals surface area contributed by atoms with Gasteiger partial charge in [0, 0.05) is 6.04 Å². The highest BCUT2D eigenvalue weighted by molar-refractivity contribution is 5.32. The molecule has 0 spiro atoms. The molecule has 3 heteroatoms. The fourth-order valence-corrected chi connectivity index (χ4v) is 2.51. The number of aryl methyl sites for hydroxylation is 1. The van der Waals surface area contributed by atoms with Crippen LogP contribution in [0.1, 0.15) is 38.2 Å². The van der Waals surface area contributed by atoms with Gasteiger partial charge in [0.1, 0.15) is 17.7 Å². The van der Waals surface area contributed by atoms with Gasteiger partial charge in [0.05, 0.1) is 0 Å². The Morgan fingerprint density at radius 1 is 1.39 bits per heavy atom. The van der Waals surface area contributed by atoms with Crippen molar-refractivity contribution in [1.82, 2.24) is 5.32 Å². The van der Waals surface area contributed by atoms with E-state index in [9.17, 15) is 4.39 Å². The van der Waals surface area contributed by atoms with Gasteiger partial charge in [-0.2, -0.15) is 0 Å². The summed E-state index contributed by atoms with van der Waals surface area (Å²) < 4.78 is 19.0. The van der Waals surface area contributed by atoms with Crippen LogP contribution in [0.15, 0.2) is 18.2 Å². The number of nitrogens with one attached hydrogen (secondary N) is 1. The van der Waals surface area contributed by atoms with Gasteiger partial charge in [-0.1, -0.05) is 6.92 Å². The summed E-state index contributed by atoms with van der Waals surface area (Å²) in [5.74, 6) is 0.617. The molecule has 0 bridgehead atoms. The summed E-state index contributed by atoms with van der Waals surface area (Å²) in [4.78, 5) is 0. The molecule has 2 unspecified atom stereocenters. The molecular formula is C15H22FNO. The summed E-state index contributed by atoms with van der Waals surface area (Å²) >= 11 is 0. The van der Waals surface area contributed by atoms with E-state index in [0.29, 0.717) is 6.04 Å². The van der Waals surface area contributed by atoms with Gasteiger partial charge in [-0.15, -0.1) is 0 Å². The molecule has 0 heterocycles. The highest BCUT2D eigenvalue weighted by atomic mass is 19.1. The van der Waals surface area contributed by atoms with Crippen LogP contribution in [0.3, 0.4) is 0 Å². The summed E-state index contributed by atoms with van der Waals surface area (Å²) in [7, 11) is 0. The molecule has 0 saturated heterocycles. The molecular weight excluding hydrogens is 229 g/mol. The van der Waals surface area contributed by atoms with Gasteiger partial charge in [-0.05, 0) is 62.9 Å². The van der Waals surface area contributed by atoms with Crippen molar-refractivity contribution in [3.63, 3.8) is 0 Å². The first-order valence-electron chi connectivity index (χ1n) is 6.85. The van der Waals surface area contributed by atoms with Crippen LogP contribution in [0.25, 0.3) is 0 Å². The molecule has 1 N–H and O–H groups in total. The molecule has 1 fully saturated rings. The fraction of sp³-hybridized carbons (Fsp3) is 0.600. The Bertz CT molecular complexity index is 394. The molecule has 1 aromatic carbocycles. The van der Waals surface area contributed by atoms with Crippen molar-refractivity contribution in [3.8, 4) is 5.75 Å². The van der Waals surface area contributed by atoms with Crippen LogP contribution in [0.5, 0.6) is 5.75 Å². The first-order chi connectivity index (χ1) is 8.69. The van der Waals surface area contributed by atoms with Crippen LogP contribution in [-0.4, -0.2) is 18.7 Å². The summed E-state index contributed by atoms with van der Waals surface area (Å²) in [6.45, 7) is 5.14. The zero-order valence-electron chi connectivity index (χ0n) is 11.2. The molecule has 0 aliphatic heterocycles. The maximum Gasteiger partial charge on any atom is 0.123 e. The Morgan fingerprint density at radius 2 is 2.22 bits per heavy atom.